The molecule has 1 aliphatic heterocycles. The Morgan fingerprint density at radius 1 is 0.750 bits per heavy atom. The van der Waals surface area contributed by atoms with Crippen molar-refractivity contribution in [3.05, 3.63) is 0 Å². The molecular weight excluding hydrogens is 492 g/mol. The van der Waals surface area contributed by atoms with E-state index in [1.54, 1.807) is 0 Å². The van der Waals surface area contributed by atoms with Crippen LogP contribution in [0.15, 0.2) is 0 Å². The Kier molecular flexibility index (Phi) is 12.5. The van der Waals surface area contributed by atoms with Crippen molar-refractivity contribution >= 4 is 32.2 Å². The van der Waals surface area contributed by atoms with Gasteiger partial charge in [0.1, 0.15) is 12.7 Å². The summed E-state index contributed by atoms with van der Waals surface area (Å²) in [6.07, 6.45) is -4.48. The van der Waals surface area contributed by atoms with Gasteiger partial charge in [0.25, 0.3) is 0 Å². The molecule has 12 heteroatoms. The molecule has 0 aromatic rings. The molecule has 5 atom stereocenters. The van der Waals surface area contributed by atoms with Gasteiger partial charge < -0.3 is 32.8 Å². The summed E-state index contributed by atoms with van der Waals surface area (Å²) in [5, 5.41) is 0.109. The van der Waals surface area contributed by atoms with E-state index in [1.165, 1.54) is 27.7 Å². The third-order valence-electron chi connectivity index (χ3n) is 6.04. The van der Waals surface area contributed by atoms with E-state index in [4.69, 9.17) is 32.8 Å². The van der Waals surface area contributed by atoms with Crippen LogP contribution in [0.3, 0.4) is 0 Å². The van der Waals surface area contributed by atoms with Crippen LogP contribution in [0, 0.1) is 0 Å². The van der Waals surface area contributed by atoms with Gasteiger partial charge in [-0.05, 0) is 31.0 Å². The third kappa shape index (κ3) is 10.5. The highest BCUT2D eigenvalue weighted by molar-refractivity contribution is 6.74. The van der Waals surface area contributed by atoms with Crippen LogP contribution in [-0.2, 0) is 52.0 Å². The highest BCUT2D eigenvalue weighted by Gasteiger charge is 2.52. The van der Waals surface area contributed by atoms with Crippen LogP contribution in [0.2, 0.25) is 18.1 Å². The van der Waals surface area contributed by atoms with E-state index >= 15 is 0 Å². The minimum Gasteiger partial charge on any atom is -0.463 e. The Morgan fingerprint density at radius 3 is 1.75 bits per heavy atom. The summed E-state index contributed by atoms with van der Waals surface area (Å²) in [5.41, 5.74) is 0. The van der Waals surface area contributed by atoms with Gasteiger partial charge >= 0.3 is 23.9 Å². The topological polar surface area (TPSA) is 133 Å². The number of hydrogen-bond donors (Lipinski definition) is 0. The van der Waals surface area contributed by atoms with E-state index in [9.17, 15) is 19.2 Å². The number of carbonyl (C=O) groups is 4. The molecule has 36 heavy (non-hydrogen) atoms. The van der Waals surface area contributed by atoms with E-state index in [0.717, 1.165) is 6.42 Å². The Labute approximate surface area is 214 Å². The van der Waals surface area contributed by atoms with Gasteiger partial charge in [0.05, 0.1) is 0 Å². The van der Waals surface area contributed by atoms with Gasteiger partial charge in [-0.2, -0.15) is 0 Å². The first-order chi connectivity index (χ1) is 16.5. The SMILES string of the molecule is CC(=O)OC[C@H]1O[C@@H](OCCCCO[Si](C)(C)C(C)(C)C)[C@H](OC(C)=O)[C@@H](OC(C)=O)[C@H]1OC(C)=O. The van der Waals surface area contributed by atoms with Crippen molar-refractivity contribution in [2.24, 2.45) is 0 Å². The number of carbonyl (C=O) groups excluding carboxylic acids is 4. The minimum atomic E-state index is -1.85. The predicted octanol–water partition coefficient (Wildman–Crippen LogP) is 2.89. The molecule has 0 saturated carbocycles. The molecular formula is C24H42O11Si. The predicted molar refractivity (Wildman–Crippen MR) is 130 cm³/mol. The van der Waals surface area contributed by atoms with Crippen molar-refractivity contribution in [2.75, 3.05) is 19.8 Å². The van der Waals surface area contributed by atoms with E-state index in [2.05, 4.69) is 33.9 Å². The molecule has 0 bridgehead atoms. The van der Waals surface area contributed by atoms with Crippen molar-refractivity contribution in [2.45, 2.75) is 110 Å². The highest BCUT2D eigenvalue weighted by atomic mass is 28.4. The summed E-state index contributed by atoms with van der Waals surface area (Å²) < 4.78 is 39.1. The first kappa shape index (κ1) is 32.0. The zero-order valence-electron chi connectivity index (χ0n) is 22.9. The Hall–Kier alpha value is -2.02. The van der Waals surface area contributed by atoms with E-state index in [1.807, 2.05) is 0 Å². The minimum absolute atomic E-state index is 0.109. The molecule has 1 rings (SSSR count). The molecule has 1 fully saturated rings. The van der Waals surface area contributed by atoms with E-state index in [-0.39, 0.29) is 18.3 Å². The van der Waals surface area contributed by atoms with Crippen molar-refractivity contribution in [1.29, 1.82) is 0 Å². The number of ether oxygens (including phenoxy) is 6. The van der Waals surface area contributed by atoms with Crippen LogP contribution in [0.25, 0.3) is 0 Å². The molecule has 0 radical (unpaired) electrons. The molecule has 0 N–H and O–H groups in total. The summed E-state index contributed by atoms with van der Waals surface area (Å²) >= 11 is 0. The smallest absolute Gasteiger partial charge is 0.303 e. The van der Waals surface area contributed by atoms with Gasteiger partial charge in [0.2, 0.25) is 0 Å². The maximum absolute atomic E-state index is 11.9. The van der Waals surface area contributed by atoms with Crippen LogP contribution in [0.1, 0.15) is 61.3 Å². The average Bonchev–Trinajstić information content (AvgIpc) is 2.71. The lowest BCUT2D eigenvalue weighted by Crippen LogP contribution is -2.63. The standard InChI is InChI=1S/C24H42O11Si/c1-15(25)30-14-19-20(32-16(2)26)21(33-17(3)27)22(34-18(4)28)23(35-19)29-12-10-11-13-31-36(8,9)24(5,6)7/h19-23H,10-14H2,1-9H3/t19-,20+,21+,22-,23-/m1/s1. The van der Waals surface area contributed by atoms with E-state index in [0.29, 0.717) is 13.0 Å². The Morgan fingerprint density at radius 2 is 1.25 bits per heavy atom. The number of rotatable bonds is 12. The largest absolute Gasteiger partial charge is 0.463 e. The second kappa shape index (κ2) is 14.1. The lowest BCUT2D eigenvalue weighted by molar-refractivity contribution is -0.308. The molecule has 1 heterocycles. The lowest BCUT2D eigenvalue weighted by atomic mass is 9.98. The molecule has 0 unspecified atom stereocenters. The molecule has 208 valence electrons. The molecule has 11 nitrogen and oxygen atoms in total. The fourth-order valence-electron chi connectivity index (χ4n) is 3.27. The summed E-state index contributed by atoms with van der Waals surface area (Å²) in [7, 11) is -1.85. The van der Waals surface area contributed by atoms with Crippen LogP contribution in [-0.4, -0.2) is 82.7 Å². The van der Waals surface area contributed by atoms with Crippen molar-refractivity contribution in [3.63, 3.8) is 0 Å². The quantitative estimate of drug-likeness (QED) is 0.158. The van der Waals surface area contributed by atoms with E-state index < -0.39 is 62.9 Å². The van der Waals surface area contributed by atoms with Gasteiger partial charge in [-0.1, -0.05) is 20.8 Å². The summed E-state index contributed by atoms with van der Waals surface area (Å²) in [6, 6.07) is 0. The van der Waals surface area contributed by atoms with Crippen LogP contribution < -0.4 is 0 Å². The monoisotopic (exact) mass is 534 g/mol. The first-order valence-electron chi connectivity index (χ1n) is 12.1. The fraction of sp³-hybridized carbons (Fsp3) is 0.833. The Bertz CT molecular complexity index is 762. The maximum atomic E-state index is 11.9. The number of esters is 4. The van der Waals surface area contributed by atoms with Crippen molar-refractivity contribution < 1.29 is 52.0 Å². The van der Waals surface area contributed by atoms with Gasteiger partial charge in [-0.3, -0.25) is 19.2 Å². The molecule has 1 aliphatic rings. The normalized spacial score (nSPS) is 24.5. The van der Waals surface area contributed by atoms with Crippen molar-refractivity contribution in [3.8, 4) is 0 Å². The molecule has 0 aromatic carbocycles. The Balaban J connectivity index is 2.97. The zero-order chi connectivity index (χ0) is 27.7. The molecule has 0 aliphatic carbocycles. The molecule has 1 saturated heterocycles. The van der Waals surface area contributed by atoms with Gasteiger partial charge in [-0.15, -0.1) is 0 Å². The number of hydrogen-bond acceptors (Lipinski definition) is 11. The molecule has 0 aromatic heterocycles. The fourth-order valence-corrected chi connectivity index (χ4v) is 4.36. The maximum Gasteiger partial charge on any atom is 0.303 e. The second-order valence-electron chi connectivity index (χ2n) is 10.3. The second-order valence-corrected chi connectivity index (χ2v) is 15.1. The van der Waals surface area contributed by atoms with Crippen LogP contribution in [0.4, 0.5) is 0 Å². The van der Waals surface area contributed by atoms with Gasteiger partial charge in [-0.25, -0.2) is 0 Å². The first-order valence-corrected chi connectivity index (χ1v) is 15.0. The highest BCUT2D eigenvalue weighted by Crippen LogP contribution is 2.36. The van der Waals surface area contributed by atoms with Crippen LogP contribution in [0.5, 0.6) is 0 Å². The third-order valence-corrected chi connectivity index (χ3v) is 10.6. The summed E-state index contributed by atoms with van der Waals surface area (Å²) in [6.45, 7) is 16.1. The summed E-state index contributed by atoms with van der Waals surface area (Å²) in [4.78, 5) is 46.9. The molecule has 0 spiro atoms. The zero-order valence-corrected chi connectivity index (χ0v) is 23.9. The average molecular weight is 535 g/mol. The van der Waals surface area contributed by atoms with Crippen molar-refractivity contribution in [1.82, 2.24) is 0 Å². The van der Waals surface area contributed by atoms with Crippen LogP contribution >= 0.6 is 0 Å². The van der Waals surface area contributed by atoms with Gasteiger partial charge in [0, 0.05) is 40.9 Å². The lowest BCUT2D eigenvalue weighted by Gasteiger charge is -2.44. The molecule has 0 amide bonds. The summed E-state index contributed by atoms with van der Waals surface area (Å²) in [5.74, 6) is -2.62. The number of unbranched alkanes of at least 4 members (excludes halogenated alkanes) is 1. The van der Waals surface area contributed by atoms with Gasteiger partial charge in [0.15, 0.2) is 32.9 Å².